The first kappa shape index (κ1) is 8.49. The van der Waals surface area contributed by atoms with Crippen LogP contribution in [0.2, 0.25) is 0 Å². The Kier molecular flexibility index (Phi) is 1.81. The summed E-state index contributed by atoms with van der Waals surface area (Å²) in [6.07, 6.45) is 1.56. The minimum Gasteiger partial charge on any atom is -0.411 e. The number of carbonyl (C=O) groups is 1. The number of amides is 1. The molecule has 0 unspecified atom stereocenters. The molecule has 72 valence electrons. The molecule has 2 N–H and O–H groups in total. The summed E-state index contributed by atoms with van der Waals surface area (Å²) in [4.78, 5) is 15.5. The highest BCUT2D eigenvalue weighted by Crippen LogP contribution is 2.18. The molecule has 0 atom stereocenters. The third-order valence-electron chi connectivity index (χ3n) is 1.72. The van der Waals surface area contributed by atoms with Crippen LogP contribution in [0.15, 0.2) is 18.3 Å². The van der Waals surface area contributed by atoms with Crippen LogP contribution in [-0.2, 0) is 4.79 Å². The van der Waals surface area contributed by atoms with E-state index in [2.05, 4.69) is 15.4 Å². The van der Waals surface area contributed by atoms with Gasteiger partial charge >= 0.3 is 0 Å². The summed E-state index contributed by atoms with van der Waals surface area (Å²) >= 11 is 0. The van der Waals surface area contributed by atoms with Gasteiger partial charge in [-0.1, -0.05) is 4.85 Å². The Hall–Kier alpha value is -2.11. The summed E-state index contributed by atoms with van der Waals surface area (Å²) in [5.41, 5.74) is 0.918. The summed E-state index contributed by atoms with van der Waals surface area (Å²) in [7, 11) is 0. The van der Waals surface area contributed by atoms with E-state index in [0.29, 0.717) is 15.9 Å². The molecule has 0 spiro atoms. The highest BCUT2D eigenvalue weighted by molar-refractivity contribution is 5.96. The molecule has 2 aromatic heterocycles. The van der Waals surface area contributed by atoms with E-state index in [0.717, 1.165) is 0 Å². The molecule has 2 heterocycles. The fourth-order valence-corrected chi connectivity index (χ4v) is 1.19. The number of pyridine rings is 1. The molecule has 14 heavy (non-hydrogen) atoms. The molecule has 0 radical (unpaired) electrons. The lowest BCUT2D eigenvalue weighted by Crippen LogP contribution is -2.07. The van der Waals surface area contributed by atoms with E-state index in [4.69, 9.17) is 0 Å². The van der Waals surface area contributed by atoms with Crippen molar-refractivity contribution < 1.29 is 10.0 Å². The molecule has 0 saturated heterocycles. The second-order valence-corrected chi connectivity index (χ2v) is 2.79. The van der Waals surface area contributed by atoms with Gasteiger partial charge in [0.05, 0.1) is 0 Å². The average molecular weight is 192 g/mol. The van der Waals surface area contributed by atoms with Crippen LogP contribution >= 0.6 is 0 Å². The molecule has 0 fully saturated rings. The number of fused-ring (bicyclic) bond motifs is 1. The minimum absolute atomic E-state index is 0.254. The van der Waals surface area contributed by atoms with Crippen molar-refractivity contribution in [2.75, 3.05) is 5.32 Å². The van der Waals surface area contributed by atoms with Crippen molar-refractivity contribution in [3.05, 3.63) is 18.3 Å². The molecule has 0 bridgehead atoms. The van der Waals surface area contributed by atoms with Gasteiger partial charge in [0.15, 0.2) is 5.82 Å². The second kappa shape index (κ2) is 2.99. The Bertz CT molecular complexity index is 491. The lowest BCUT2D eigenvalue weighted by molar-refractivity contribution is -0.114. The van der Waals surface area contributed by atoms with E-state index in [1.54, 1.807) is 18.3 Å². The van der Waals surface area contributed by atoms with Crippen LogP contribution in [0.3, 0.4) is 0 Å². The monoisotopic (exact) mass is 192 g/mol. The molecule has 2 aromatic rings. The van der Waals surface area contributed by atoms with Crippen molar-refractivity contribution in [1.82, 2.24) is 14.9 Å². The predicted octanol–water partition coefficient (Wildman–Crippen LogP) is 0.627. The molecular formula is C8H8N4O2. The van der Waals surface area contributed by atoms with Crippen LogP contribution in [0.1, 0.15) is 6.92 Å². The lowest BCUT2D eigenvalue weighted by Gasteiger charge is -1.94. The number of rotatable bonds is 1. The van der Waals surface area contributed by atoms with E-state index in [-0.39, 0.29) is 11.7 Å². The molecular weight excluding hydrogens is 184 g/mol. The first-order valence-corrected chi connectivity index (χ1v) is 3.99. The number of hydrogen-bond acceptors (Lipinski definition) is 4. The van der Waals surface area contributed by atoms with Crippen molar-refractivity contribution in [3.8, 4) is 0 Å². The third-order valence-corrected chi connectivity index (χ3v) is 1.72. The van der Waals surface area contributed by atoms with Crippen LogP contribution in [0.25, 0.3) is 11.0 Å². The maximum Gasteiger partial charge on any atom is 0.222 e. The van der Waals surface area contributed by atoms with Crippen molar-refractivity contribution in [1.29, 1.82) is 0 Å². The summed E-state index contributed by atoms with van der Waals surface area (Å²) < 4.78 is 0. The van der Waals surface area contributed by atoms with Crippen molar-refractivity contribution in [2.24, 2.45) is 0 Å². The number of anilines is 1. The molecule has 6 heteroatoms. The number of nitrogens with one attached hydrogen (secondary N) is 1. The SMILES string of the molecule is CC(=O)Nc1nn(O)c2cccnc12. The zero-order valence-corrected chi connectivity index (χ0v) is 7.43. The molecule has 0 aliphatic carbocycles. The smallest absolute Gasteiger partial charge is 0.222 e. The molecule has 6 nitrogen and oxygen atoms in total. The van der Waals surface area contributed by atoms with Crippen LogP contribution in [0, 0.1) is 0 Å². The van der Waals surface area contributed by atoms with Gasteiger partial charge in [-0.15, -0.1) is 5.10 Å². The molecule has 0 aromatic carbocycles. The molecule has 2 rings (SSSR count). The fraction of sp³-hybridized carbons (Fsp3) is 0.125. The zero-order valence-electron chi connectivity index (χ0n) is 7.43. The van der Waals surface area contributed by atoms with Crippen molar-refractivity contribution in [3.63, 3.8) is 0 Å². The van der Waals surface area contributed by atoms with E-state index < -0.39 is 0 Å². The van der Waals surface area contributed by atoms with Crippen molar-refractivity contribution in [2.45, 2.75) is 6.92 Å². The van der Waals surface area contributed by atoms with Gasteiger partial charge in [0, 0.05) is 13.1 Å². The minimum atomic E-state index is -0.254. The molecule has 0 saturated carbocycles. The van der Waals surface area contributed by atoms with E-state index in [9.17, 15) is 10.0 Å². The Labute approximate surface area is 79.1 Å². The van der Waals surface area contributed by atoms with Gasteiger partial charge in [0.25, 0.3) is 0 Å². The van der Waals surface area contributed by atoms with E-state index in [1.807, 2.05) is 0 Å². The van der Waals surface area contributed by atoms with Crippen LogP contribution in [0.5, 0.6) is 0 Å². The second-order valence-electron chi connectivity index (χ2n) is 2.79. The van der Waals surface area contributed by atoms with E-state index >= 15 is 0 Å². The Morgan fingerprint density at radius 1 is 1.64 bits per heavy atom. The Morgan fingerprint density at radius 3 is 3.14 bits per heavy atom. The molecule has 0 aliphatic rings. The standard InChI is InChI=1S/C8H8N4O2/c1-5(13)10-8-7-6(12(14)11-8)3-2-4-9-7/h2-4,14H,1H3,(H,10,11,13). The number of aromatic nitrogens is 3. The summed E-state index contributed by atoms with van der Waals surface area (Å²) in [5.74, 6) is 0.00579. The lowest BCUT2D eigenvalue weighted by atomic mass is 10.4. The van der Waals surface area contributed by atoms with Crippen molar-refractivity contribution >= 4 is 22.8 Å². The van der Waals surface area contributed by atoms with Crippen LogP contribution < -0.4 is 5.32 Å². The normalized spacial score (nSPS) is 10.4. The Balaban J connectivity index is 2.60. The number of hydrogen-bond donors (Lipinski definition) is 2. The summed E-state index contributed by atoms with van der Waals surface area (Å²) in [6.45, 7) is 1.37. The first-order valence-electron chi connectivity index (χ1n) is 3.99. The summed E-state index contributed by atoms with van der Waals surface area (Å²) in [6, 6.07) is 3.33. The maximum absolute atomic E-state index is 10.8. The highest BCUT2D eigenvalue weighted by Gasteiger charge is 2.10. The average Bonchev–Trinajstić information content (AvgIpc) is 2.44. The van der Waals surface area contributed by atoms with Gasteiger partial charge in [0.2, 0.25) is 5.91 Å². The maximum atomic E-state index is 10.8. The third kappa shape index (κ3) is 1.26. The highest BCUT2D eigenvalue weighted by atomic mass is 16.5. The Morgan fingerprint density at radius 2 is 2.43 bits per heavy atom. The first-order chi connectivity index (χ1) is 6.68. The van der Waals surface area contributed by atoms with Crippen LogP contribution in [0.4, 0.5) is 5.82 Å². The van der Waals surface area contributed by atoms with Gasteiger partial charge in [-0.3, -0.25) is 9.78 Å². The van der Waals surface area contributed by atoms with Gasteiger partial charge in [-0.2, -0.15) is 0 Å². The van der Waals surface area contributed by atoms with Gasteiger partial charge in [0.1, 0.15) is 11.0 Å². The largest absolute Gasteiger partial charge is 0.411 e. The molecule has 1 amide bonds. The topological polar surface area (TPSA) is 80.0 Å². The number of carbonyl (C=O) groups excluding carboxylic acids is 1. The van der Waals surface area contributed by atoms with Gasteiger partial charge < -0.3 is 10.5 Å². The zero-order chi connectivity index (χ0) is 10.1. The van der Waals surface area contributed by atoms with Gasteiger partial charge in [-0.25, -0.2) is 0 Å². The fourth-order valence-electron chi connectivity index (χ4n) is 1.19. The number of nitrogens with zero attached hydrogens (tertiary/aromatic N) is 3. The quantitative estimate of drug-likeness (QED) is 0.649. The van der Waals surface area contributed by atoms with Crippen LogP contribution in [-0.4, -0.2) is 26.0 Å². The predicted molar refractivity (Wildman–Crippen MR) is 49.0 cm³/mol. The van der Waals surface area contributed by atoms with Gasteiger partial charge in [-0.05, 0) is 12.1 Å². The molecule has 0 aliphatic heterocycles. The van der Waals surface area contributed by atoms with E-state index in [1.165, 1.54) is 6.92 Å². The summed E-state index contributed by atoms with van der Waals surface area (Å²) in [5, 5.41) is 15.5.